The average molecular weight is 371 g/mol. The van der Waals surface area contributed by atoms with Crippen molar-refractivity contribution in [2.45, 2.75) is 38.4 Å². The number of nitrogens with zero attached hydrogens (tertiary/aromatic N) is 3. The first-order valence-corrected chi connectivity index (χ1v) is 9.92. The zero-order valence-corrected chi connectivity index (χ0v) is 16.3. The van der Waals surface area contributed by atoms with Gasteiger partial charge >= 0.3 is 0 Å². The Morgan fingerprint density at radius 2 is 2.07 bits per heavy atom. The molecule has 146 valence electrons. The van der Waals surface area contributed by atoms with Crippen molar-refractivity contribution in [2.24, 2.45) is 17.8 Å². The predicted octanol–water partition coefficient (Wildman–Crippen LogP) is 1.34. The molecule has 3 heterocycles. The van der Waals surface area contributed by atoms with Crippen LogP contribution in [0.25, 0.3) is 6.08 Å². The number of carbonyl (C=O) groups is 1. The summed E-state index contributed by atoms with van der Waals surface area (Å²) >= 11 is 0. The summed E-state index contributed by atoms with van der Waals surface area (Å²) in [7, 11) is 3.54. The maximum Gasteiger partial charge on any atom is 0.258 e. The predicted molar refractivity (Wildman–Crippen MR) is 104 cm³/mol. The van der Waals surface area contributed by atoms with E-state index >= 15 is 0 Å². The smallest absolute Gasteiger partial charge is 0.258 e. The SMILES string of the molecule is C/C=C/c1ccc2n(c1=O)C[C@H]1[C@H](CO)[C@@H](C(=O)N(C)C)[C@@H]2N1CC1CC1. The van der Waals surface area contributed by atoms with Crippen molar-refractivity contribution in [1.82, 2.24) is 14.4 Å². The Bertz CT molecular complexity index is 824. The molecular weight excluding hydrogens is 342 g/mol. The van der Waals surface area contributed by atoms with E-state index in [-0.39, 0.29) is 42.0 Å². The average Bonchev–Trinajstić information content (AvgIpc) is 3.42. The molecule has 1 amide bonds. The van der Waals surface area contributed by atoms with Crippen molar-refractivity contribution in [3.05, 3.63) is 39.8 Å². The largest absolute Gasteiger partial charge is 0.396 e. The van der Waals surface area contributed by atoms with Gasteiger partial charge in [0.2, 0.25) is 5.91 Å². The van der Waals surface area contributed by atoms with Crippen LogP contribution in [-0.2, 0) is 11.3 Å². The molecule has 0 spiro atoms. The Labute approximate surface area is 160 Å². The summed E-state index contributed by atoms with van der Waals surface area (Å²) in [5.74, 6) is 0.270. The standard InChI is InChI=1S/C21H29N3O3/c1-4-5-14-8-9-16-19-18(21(27)22(2)3)15(12-25)17(11-24(16)20(14)26)23(19)10-13-6-7-13/h4-5,8-9,13,15,17-19,25H,6-7,10-12H2,1-3H3/b5-4+/t15-,17-,18+,19+/m0/s1. The molecule has 2 aliphatic heterocycles. The van der Waals surface area contributed by atoms with Crippen molar-refractivity contribution in [3.63, 3.8) is 0 Å². The lowest BCUT2D eigenvalue weighted by molar-refractivity contribution is -0.135. The second-order valence-electron chi connectivity index (χ2n) is 8.39. The summed E-state index contributed by atoms with van der Waals surface area (Å²) < 4.78 is 1.85. The minimum Gasteiger partial charge on any atom is -0.396 e. The van der Waals surface area contributed by atoms with E-state index in [2.05, 4.69) is 4.90 Å². The van der Waals surface area contributed by atoms with Crippen molar-refractivity contribution in [2.75, 3.05) is 27.2 Å². The molecule has 1 saturated carbocycles. The van der Waals surface area contributed by atoms with Crippen LogP contribution in [0, 0.1) is 17.8 Å². The highest BCUT2D eigenvalue weighted by Crippen LogP contribution is 2.50. The lowest BCUT2D eigenvalue weighted by atomic mass is 9.86. The Morgan fingerprint density at radius 3 is 2.67 bits per heavy atom. The maximum absolute atomic E-state index is 13.1. The quantitative estimate of drug-likeness (QED) is 0.848. The van der Waals surface area contributed by atoms with Gasteiger partial charge in [0.1, 0.15) is 0 Å². The van der Waals surface area contributed by atoms with E-state index in [0.717, 1.165) is 12.2 Å². The van der Waals surface area contributed by atoms with Gasteiger partial charge in [-0.2, -0.15) is 0 Å². The normalized spacial score (nSPS) is 29.9. The van der Waals surface area contributed by atoms with Crippen LogP contribution in [-0.4, -0.2) is 58.7 Å². The molecule has 1 aromatic rings. The van der Waals surface area contributed by atoms with E-state index in [1.54, 1.807) is 19.0 Å². The van der Waals surface area contributed by atoms with E-state index in [9.17, 15) is 14.7 Å². The third-order valence-corrected chi connectivity index (χ3v) is 6.44. The monoisotopic (exact) mass is 371 g/mol. The van der Waals surface area contributed by atoms with Crippen LogP contribution in [0.1, 0.15) is 37.1 Å². The molecule has 6 nitrogen and oxygen atoms in total. The van der Waals surface area contributed by atoms with Crippen LogP contribution in [0.2, 0.25) is 0 Å². The Balaban J connectivity index is 1.84. The highest BCUT2D eigenvalue weighted by Gasteiger charge is 2.56. The first kappa shape index (κ1) is 18.4. The number of fused-ring (bicyclic) bond motifs is 4. The van der Waals surface area contributed by atoms with Crippen LogP contribution in [0.5, 0.6) is 0 Å². The fraction of sp³-hybridized carbons (Fsp3) is 0.619. The van der Waals surface area contributed by atoms with Gasteiger partial charge < -0.3 is 14.6 Å². The minimum atomic E-state index is -0.311. The van der Waals surface area contributed by atoms with E-state index in [4.69, 9.17) is 0 Å². The number of aliphatic hydroxyl groups excluding tert-OH is 1. The number of hydrogen-bond acceptors (Lipinski definition) is 4. The number of aliphatic hydroxyl groups is 1. The molecule has 1 aliphatic carbocycles. The first-order chi connectivity index (χ1) is 13.0. The zero-order chi connectivity index (χ0) is 19.3. The third kappa shape index (κ3) is 2.95. The highest BCUT2D eigenvalue weighted by atomic mass is 16.3. The molecular formula is C21H29N3O3. The summed E-state index contributed by atoms with van der Waals surface area (Å²) in [6, 6.07) is 3.77. The van der Waals surface area contributed by atoms with Gasteiger partial charge in [-0.3, -0.25) is 14.5 Å². The number of allylic oxidation sites excluding steroid dienone is 1. The number of hydrogen-bond donors (Lipinski definition) is 1. The molecule has 1 N–H and O–H groups in total. The second kappa shape index (κ2) is 6.91. The Kier molecular flexibility index (Phi) is 4.72. The molecule has 1 saturated heterocycles. The van der Waals surface area contributed by atoms with Gasteiger partial charge in [0.15, 0.2) is 0 Å². The number of rotatable bonds is 5. The fourth-order valence-corrected chi connectivity index (χ4v) is 4.97. The van der Waals surface area contributed by atoms with Crippen LogP contribution in [0.4, 0.5) is 0 Å². The van der Waals surface area contributed by atoms with Crippen LogP contribution in [0.3, 0.4) is 0 Å². The molecule has 0 radical (unpaired) electrons. The number of pyridine rings is 1. The zero-order valence-electron chi connectivity index (χ0n) is 16.3. The lowest BCUT2D eigenvalue weighted by Gasteiger charge is -2.38. The van der Waals surface area contributed by atoms with Gasteiger partial charge in [-0.1, -0.05) is 12.2 Å². The molecule has 1 aromatic heterocycles. The summed E-state index contributed by atoms with van der Waals surface area (Å²) in [5.41, 5.74) is 1.59. The molecule has 2 fully saturated rings. The van der Waals surface area contributed by atoms with Crippen molar-refractivity contribution < 1.29 is 9.90 Å². The first-order valence-electron chi connectivity index (χ1n) is 9.92. The summed E-state index contributed by atoms with van der Waals surface area (Å²) in [5, 5.41) is 10.2. The van der Waals surface area contributed by atoms with E-state index < -0.39 is 0 Å². The summed E-state index contributed by atoms with van der Waals surface area (Å²) in [6.45, 7) is 3.37. The van der Waals surface area contributed by atoms with Crippen LogP contribution >= 0.6 is 0 Å². The van der Waals surface area contributed by atoms with Gasteiger partial charge in [0.05, 0.1) is 12.0 Å². The van der Waals surface area contributed by atoms with Gasteiger partial charge in [-0.05, 0) is 37.8 Å². The molecule has 4 rings (SSSR count). The van der Waals surface area contributed by atoms with Crippen molar-refractivity contribution in [3.8, 4) is 0 Å². The molecule has 3 aliphatic rings. The van der Waals surface area contributed by atoms with E-state index in [1.165, 1.54) is 12.8 Å². The summed E-state index contributed by atoms with van der Waals surface area (Å²) in [6.07, 6.45) is 6.17. The molecule has 0 unspecified atom stereocenters. The number of aromatic nitrogens is 1. The molecule has 0 aromatic carbocycles. The van der Waals surface area contributed by atoms with E-state index in [1.807, 2.05) is 35.8 Å². The van der Waals surface area contributed by atoms with E-state index in [0.29, 0.717) is 18.0 Å². The topological polar surface area (TPSA) is 65.8 Å². The van der Waals surface area contributed by atoms with Gasteiger partial charge in [0, 0.05) is 57.0 Å². The van der Waals surface area contributed by atoms with Crippen molar-refractivity contribution in [1.29, 1.82) is 0 Å². The molecule has 4 atom stereocenters. The Hall–Kier alpha value is -1.92. The lowest BCUT2D eigenvalue weighted by Crippen LogP contribution is -2.47. The van der Waals surface area contributed by atoms with Crippen molar-refractivity contribution >= 4 is 12.0 Å². The third-order valence-electron chi connectivity index (χ3n) is 6.44. The number of amides is 1. The van der Waals surface area contributed by atoms with Crippen LogP contribution in [0.15, 0.2) is 23.0 Å². The molecule has 6 heteroatoms. The Morgan fingerprint density at radius 1 is 1.33 bits per heavy atom. The van der Waals surface area contributed by atoms with Gasteiger partial charge in [-0.15, -0.1) is 0 Å². The van der Waals surface area contributed by atoms with Crippen LogP contribution < -0.4 is 5.56 Å². The number of carbonyl (C=O) groups excluding carboxylic acids is 1. The highest BCUT2D eigenvalue weighted by molar-refractivity contribution is 5.80. The van der Waals surface area contributed by atoms with Gasteiger partial charge in [0.25, 0.3) is 5.56 Å². The maximum atomic E-state index is 13.1. The molecule has 27 heavy (non-hydrogen) atoms. The summed E-state index contributed by atoms with van der Waals surface area (Å²) in [4.78, 5) is 30.1. The second-order valence-corrected chi connectivity index (χ2v) is 8.39. The molecule has 2 bridgehead atoms. The fourth-order valence-electron chi connectivity index (χ4n) is 4.97. The minimum absolute atomic E-state index is 0.00122. The van der Waals surface area contributed by atoms with Gasteiger partial charge in [-0.25, -0.2) is 0 Å².